The summed E-state index contributed by atoms with van der Waals surface area (Å²) in [4.78, 5) is 22.8. The molecule has 1 aliphatic rings. The summed E-state index contributed by atoms with van der Waals surface area (Å²) in [5.41, 5.74) is -1.13. The van der Waals surface area contributed by atoms with Gasteiger partial charge in [-0.15, -0.1) is 0 Å². The molecule has 0 radical (unpaired) electrons. The average Bonchev–Trinajstić information content (AvgIpc) is 2.76. The number of rotatable bonds is 4. The van der Waals surface area contributed by atoms with Gasteiger partial charge in [-0.2, -0.15) is 0 Å². The van der Waals surface area contributed by atoms with Crippen molar-refractivity contribution >= 4 is 11.9 Å². The standard InChI is InChI=1S/C14H14O5/c15-12(11-5-2-1-3-6-11)18-9-4-7-14(17)8-10-19-13(14)16/h1-7,17H,8-10H2/b7-4+/t14-/m1/s1. The SMILES string of the molecule is O=C(OC/C=C/[C@@]1(O)CCOC1=O)c1ccccc1. The van der Waals surface area contributed by atoms with Gasteiger partial charge in [0.25, 0.3) is 0 Å². The number of ether oxygens (including phenoxy) is 2. The van der Waals surface area contributed by atoms with Crippen LogP contribution in [0, 0.1) is 0 Å². The maximum absolute atomic E-state index is 11.6. The van der Waals surface area contributed by atoms with Crippen molar-refractivity contribution in [3.05, 3.63) is 48.0 Å². The zero-order valence-corrected chi connectivity index (χ0v) is 10.2. The molecule has 0 spiro atoms. The molecule has 0 aromatic heterocycles. The molecule has 0 bridgehead atoms. The minimum absolute atomic E-state index is 0.0106. The third-order valence-electron chi connectivity index (χ3n) is 2.78. The van der Waals surface area contributed by atoms with Crippen LogP contribution in [0.5, 0.6) is 0 Å². The zero-order valence-electron chi connectivity index (χ0n) is 10.2. The van der Waals surface area contributed by atoms with Crippen molar-refractivity contribution in [2.75, 3.05) is 13.2 Å². The lowest BCUT2D eigenvalue weighted by Gasteiger charge is -2.11. The van der Waals surface area contributed by atoms with Crippen molar-refractivity contribution in [1.29, 1.82) is 0 Å². The van der Waals surface area contributed by atoms with E-state index >= 15 is 0 Å². The van der Waals surface area contributed by atoms with Gasteiger partial charge < -0.3 is 14.6 Å². The molecule has 0 amide bonds. The largest absolute Gasteiger partial charge is 0.463 e. The molecule has 1 aromatic carbocycles. The summed E-state index contributed by atoms with van der Waals surface area (Å²) in [5.74, 6) is -1.12. The Kier molecular flexibility index (Phi) is 3.97. The van der Waals surface area contributed by atoms with E-state index in [9.17, 15) is 14.7 Å². The summed E-state index contributed by atoms with van der Waals surface area (Å²) < 4.78 is 9.65. The Labute approximate surface area is 110 Å². The van der Waals surface area contributed by atoms with Crippen LogP contribution in [-0.2, 0) is 14.3 Å². The van der Waals surface area contributed by atoms with Gasteiger partial charge in [0, 0.05) is 6.42 Å². The quantitative estimate of drug-likeness (QED) is 0.649. The molecule has 1 aromatic rings. The fourth-order valence-corrected chi connectivity index (χ4v) is 1.70. The highest BCUT2D eigenvalue weighted by atomic mass is 16.6. The number of cyclic esters (lactones) is 1. The molecule has 0 unspecified atom stereocenters. The summed E-state index contributed by atoms with van der Waals surface area (Å²) >= 11 is 0. The second-order valence-electron chi connectivity index (χ2n) is 4.18. The second-order valence-corrected chi connectivity index (χ2v) is 4.18. The lowest BCUT2D eigenvalue weighted by Crippen LogP contribution is -2.31. The highest BCUT2D eigenvalue weighted by Crippen LogP contribution is 2.21. The first-order valence-electron chi connectivity index (χ1n) is 5.91. The number of aliphatic hydroxyl groups is 1. The molecule has 0 saturated carbocycles. The predicted octanol–water partition coefficient (Wildman–Crippen LogP) is 1.08. The van der Waals surface area contributed by atoms with Gasteiger partial charge in [0.05, 0.1) is 12.2 Å². The second kappa shape index (κ2) is 5.67. The number of carbonyl (C=O) groups excluding carboxylic acids is 2. The topological polar surface area (TPSA) is 72.8 Å². The Hall–Kier alpha value is -2.14. The van der Waals surface area contributed by atoms with Crippen molar-refractivity contribution < 1.29 is 24.2 Å². The van der Waals surface area contributed by atoms with Crippen LogP contribution >= 0.6 is 0 Å². The first-order chi connectivity index (χ1) is 9.12. The Morgan fingerprint density at radius 1 is 1.42 bits per heavy atom. The summed E-state index contributed by atoms with van der Waals surface area (Å²) in [6.45, 7) is 0.187. The summed E-state index contributed by atoms with van der Waals surface area (Å²) in [6.07, 6.45) is 2.96. The fourth-order valence-electron chi connectivity index (χ4n) is 1.70. The van der Waals surface area contributed by atoms with E-state index in [2.05, 4.69) is 4.74 Å². The summed E-state index contributed by atoms with van der Waals surface area (Å²) in [5, 5.41) is 9.84. The van der Waals surface area contributed by atoms with E-state index in [-0.39, 0.29) is 19.6 Å². The van der Waals surface area contributed by atoms with Crippen molar-refractivity contribution in [3.8, 4) is 0 Å². The highest BCUT2D eigenvalue weighted by Gasteiger charge is 2.39. The normalized spacial score (nSPS) is 22.5. The molecule has 1 fully saturated rings. The predicted molar refractivity (Wildman–Crippen MR) is 66.4 cm³/mol. The van der Waals surface area contributed by atoms with E-state index in [1.54, 1.807) is 30.3 Å². The van der Waals surface area contributed by atoms with E-state index in [4.69, 9.17) is 4.74 Å². The van der Waals surface area contributed by atoms with Crippen molar-refractivity contribution in [2.45, 2.75) is 12.0 Å². The third-order valence-corrected chi connectivity index (χ3v) is 2.78. The molecule has 1 saturated heterocycles. The smallest absolute Gasteiger partial charge is 0.342 e. The number of hydrogen-bond acceptors (Lipinski definition) is 5. The molecule has 5 nitrogen and oxygen atoms in total. The van der Waals surface area contributed by atoms with Gasteiger partial charge in [-0.25, -0.2) is 9.59 Å². The first kappa shape index (κ1) is 13.3. The zero-order chi connectivity index (χ0) is 13.7. The van der Waals surface area contributed by atoms with Crippen LogP contribution in [-0.4, -0.2) is 35.9 Å². The molecule has 1 aliphatic heterocycles. The minimum Gasteiger partial charge on any atom is -0.463 e. The van der Waals surface area contributed by atoms with Crippen molar-refractivity contribution in [3.63, 3.8) is 0 Å². The highest BCUT2D eigenvalue weighted by molar-refractivity contribution is 5.89. The average molecular weight is 262 g/mol. The molecule has 5 heteroatoms. The molecule has 100 valence electrons. The van der Waals surface area contributed by atoms with Gasteiger partial charge in [-0.3, -0.25) is 0 Å². The van der Waals surface area contributed by atoms with Gasteiger partial charge >= 0.3 is 11.9 Å². The van der Waals surface area contributed by atoms with Crippen LogP contribution in [0.1, 0.15) is 16.8 Å². The molecule has 1 N–H and O–H groups in total. The van der Waals surface area contributed by atoms with Gasteiger partial charge in [0.2, 0.25) is 0 Å². The van der Waals surface area contributed by atoms with Crippen molar-refractivity contribution in [1.82, 2.24) is 0 Å². The van der Waals surface area contributed by atoms with Crippen molar-refractivity contribution in [2.24, 2.45) is 0 Å². The van der Waals surface area contributed by atoms with Crippen LogP contribution in [0.3, 0.4) is 0 Å². The number of benzene rings is 1. The lowest BCUT2D eigenvalue weighted by atomic mass is 10.0. The maximum Gasteiger partial charge on any atom is 0.342 e. The van der Waals surface area contributed by atoms with E-state index in [1.165, 1.54) is 12.2 Å². The monoisotopic (exact) mass is 262 g/mol. The van der Waals surface area contributed by atoms with E-state index in [1.807, 2.05) is 0 Å². The number of carbonyl (C=O) groups is 2. The Bertz CT molecular complexity index is 494. The Morgan fingerprint density at radius 2 is 2.16 bits per heavy atom. The van der Waals surface area contributed by atoms with Crippen LogP contribution in [0.15, 0.2) is 42.5 Å². The molecular formula is C14H14O5. The van der Waals surface area contributed by atoms with E-state index in [0.29, 0.717) is 5.56 Å². The van der Waals surface area contributed by atoms with Gasteiger partial charge in [-0.05, 0) is 24.3 Å². The van der Waals surface area contributed by atoms with Crippen LogP contribution < -0.4 is 0 Å². The lowest BCUT2D eigenvalue weighted by molar-refractivity contribution is -0.149. The van der Waals surface area contributed by atoms with Gasteiger partial charge in [0.15, 0.2) is 5.60 Å². The molecule has 2 rings (SSSR count). The van der Waals surface area contributed by atoms with Crippen LogP contribution in [0.4, 0.5) is 0 Å². The number of hydrogen-bond donors (Lipinski definition) is 1. The Balaban J connectivity index is 1.84. The Morgan fingerprint density at radius 3 is 2.79 bits per heavy atom. The van der Waals surface area contributed by atoms with E-state index < -0.39 is 17.5 Å². The molecule has 1 atom stereocenters. The number of esters is 2. The van der Waals surface area contributed by atoms with Crippen LogP contribution in [0.2, 0.25) is 0 Å². The molecule has 0 aliphatic carbocycles. The van der Waals surface area contributed by atoms with Gasteiger partial charge in [0.1, 0.15) is 6.61 Å². The molecule has 19 heavy (non-hydrogen) atoms. The van der Waals surface area contributed by atoms with E-state index in [0.717, 1.165) is 0 Å². The molecule has 1 heterocycles. The van der Waals surface area contributed by atoms with Gasteiger partial charge in [-0.1, -0.05) is 18.2 Å². The maximum atomic E-state index is 11.6. The summed E-state index contributed by atoms with van der Waals surface area (Å²) in [6, 6.07) is 8.58. The fraction of sp³-hybridized carbons (Fsp3) is 0.286. The molecular weight excluding hydrogens is 248 g/mol. The minimum atomic E-state index is -1.58. The van der Waals surface area contributed by atoms with Crippen LogP contribution in [0.25, 0.3) is 0 Å². The first-order valence-corrected chi connectivity index (χ1v) is 5.91. The summed E-state index contributed by atoms with van der Waals surface area (Å²) in [7, 11) is 0. The third kappa shape index (κ3) is 3.20.